The number of rotatable bonds is 55. The second-order valence-electron chi connectivity index (χ2n) is 20.3. The number of ether oxygens (including phenoxy) is 1. The number of carboxylic acid groups (broad SMARTS) is 1. The fourth-order valence-corrected chi connectivity index (χ4v) is 8.64. The quantitative estimate of drug-likeness (QED) is 0.0375. The maximum absolute atomic E-state index is 11.3. The highest BCUT2D eigenvalue weighted by Gasteiger charge is 2.01. The molecular formula is C70H120O4. The lowest BCUT2D eigenvalue weighted by molar-refractivity contribution is -0.143. The molecular weight excluding hydrogens is 905 g/mol. The van der Waals surface area contributed by atoms with Gasteiger partial charge in [-0.05, 0) is 110 Å². The first-order valence-corrected chi connectivity index (χ1v) is 31.5. The van der Waals surface area contributed by atoms with E-state index in [1.807, 2.05) is 6.92 Å². The van der Waals surface area contributed by atoms with Crippen molar-refractivity contribution in [2.24, 2.45) is 0 Å². The third-order valence-electron chi connectivity index (χ3n) is 13.1. The number of hydrogen-bond donors (Lipinski definition) is 1. The molecule has 0 saturated carbocycles. The lowest BCUT2D eigenvalue weighted by Crippen LogP contribution is -2.03. The van der Waals surface area contributed by atoms with E-state index in [0.717, 1.165) is 83.5 Å². The second kappa shape index (κ2) is 69.3. The Labute approximate surface area is 460 Å². The lowest BCUT2D eigenvalue weighted by Gasteiger charge is -2.04. The molecule has 74 heavy (non-hydrogen) atoms. The van der Waals surface area contributed by atoms with E-state index in [-0.39, 0.29) is 5.97 Å². The maximum Gasteiger partial charge on any atom is 0.305 e. The van der Waals surface area contributed by atoms with Gasteiger partial charge in [0.2, 0.25) is 0 Å². The van der Waals surface area contributed by atoms with Gasteiger partial charge in [-0.15, -0.1) is 0 Å². The van der Waals surface area contributed by atoms with E-state index < -0.39 is 5.97 Å². The monoisotopic (exact) mass is 1020 g/mol. The van der Waals surface area contributed by atoms with Crippen molar-refractivity contribution >= 4 is 11.9 Å². The predicted molar refractivity (Wildman–Crippen MR) is 330 cm³/mol. The fraction of sp³-hybridized carbons (Fsp3) is 0.686. The third kappa shape index (κ3) is 72.6. The molecule has 0 aromatic carbocycles. The van der Waals surface area contributed by atoms with E-state index in [4.69, 9.17) is 9.84 Å². The minimum Gasteiger partial charge on any atom is -0.481 e. The van der Waals surface area contributed by atoms with Gasteiger partial charge in [-0.25, -0.2) is 0 Å². The Hall–Kier alpha value is -3.66. The van der Waals surface area contributed by atoms with Gasteiger partial charge in [0.05, 0.1) is 6.61 Å². The van der Waals surface area contributed by atoms with Crippen LogP contribution in [-0.4, -0.2) is 23.7 Å². The van der Waals surface area contributed by atoms with E-state index in [2.05, 4.69) is 135 Å². The fourth-order valence-electron chi connectivity index (χ4n) is 8.64. The van der Waals surface area contributed by atoms with Gasteiger partial charge in [0.15, 0.2) is 0 Å². The minimum atomic E-state index is -0.656. The predicted octanol–water partition coefficient (Wildman–Crippen LogP) is 23.4. The molecule has 1 N–H and O–H groups in total. The molecule has 0 aliphatic heterocycles. The van der Waals surface area contributed by atoms with Crippen LogP contribution >= 0.6 is 0 Å². The molecule has 0 atom stereocenters. The highest BCUT2D eigenvalue weighted by Crippen LogP contribution is 2.16. The number of carboxylic acids is 1. The zero-order chi connectivity index (χ0) is 53.8. The number of carbonyl (C=O) groups is 2. The van der Waals surface area contributed by atoms with Crippen LogP contribution in [0.15, 0.2) is 122 Å². The summed E-state index contributed by atoms with van der Waals surface area (Å²) in [4.78, 5) is 21.7. The van der Waals surface area contributed by atoms with Crippen LogP contribution in [0.1, 0.15) is 303 Å². The van der Waals surface area contributed by atoms with Crippen LogP contribution < -0.4 is 0 Å². The summed E-state index contributed by atoms with van der Waals surface area (Å²) in [5.74, 6) is -0.690. The molecule has 0 rings (SSSR count). The summed E-state index contributed by atoms with van der Waals surface area (Å²) >= 11 is 0. The molecule has 0 aliphatic carbocycles. The summed E-state index contributed by atoms with van der Waals surface area (Å²) in [5, 5.41) is 8.61. The van der Waals surface area contributed by atoms with Crippen LogP contribution in [0.3, 0.4) is 0 Å². The van der Waals surface area contributed by atoms with Gasteiger partial charge in [0.25, 0.3) is 0 Å². The van der Waals surface area contributed by atoms with Crippen molar-refractivity contribution in [3.05, 3.63) is 122 Å². The first-order valence-electron chi connectivity index (χ1n) is 31.5. The van der Waals surface area contributed by atoms with Crippen molar-refractivity contribution in [2.45, 2.75) is 303 Å². The summed E-state index contributed by atoms with van der Waals surface area (Å²) in [5.41, 5.74) is 0. The number of aliphatic carboxylic acids is 1. The molecule has 0 amide bonds. The Morgan fingerprint density at radius 3 is 0.703 bits per heavy atom. The average molecular weight is 1030 g/mol. The number of esters is 1. The molecule has 0 aliphatic rings. The number of allylic oxidation sites excluding steroid dienone is 20. The van der Waals surface area contributed by atoms with Crippen LogP contribution in [-0.2, 0) is 14.3 Å². The molecule has 424 valence electrons. The topological polar surface area (TPSA) is 63.6 Å². The second-order valence-corrected chi connectivity index (χ2v) is 20.3. The number of carbonyl (C=O) groups excluding carboxylic acids is 1. The Morgan fingerprint density at radius 2 is 0.473 bits per heavy atom. The van der Waals surface area contributed by atoms with E-state index in [0.29, 0.717) is 19.4 Å². The molecule has 0 unspecified atom stereocenters. The Kier molecular flexibility index (Phi) is 67.9. The van der Waals surface area contributed by atoms with Crippen molar-refractivity contribution < 1.29 is 19.4 Å². The molecule has 4 heteroatoms. The molecule has 0 fully saturated rings. The van der Waals surface area contributed by atoms with Crippen LogP contribution in [0, 0.1) is 0 Å². The van der Waals surface area contributed by atoms with E-state index in [9.17, 15) is 9.59 Å². The van der Waals surface area contributed by atoms with E-state index in [1.54, 1.807) is 0 Å². The molecule has 0 heterocycles. The lowest BCUT2D eigenvalue weighted by atomic mass is 10.0. The number of hydrogen-bond acceptors (Lipinski definition) is 3. The van der Waals surface area contributed by atoms with E-state index in [1.165, 1.54) is 186 Å². The van der Waals surface area contributed by atoms with Gasteiger partial charge in [-0.1, -0.05) is 302 Å². The van der Waals surface area contributed by atoms with Crippen molar-refractivity contribution in [3.8, 4) is 0 Å². The molecule has 0 bridgehead atoms. The Balaban J connectivity index is 0. The first kappa shape index (κ1) is 72.4. The SMILES string of the molecule is CC/C=C\C/C=C\C/C=C\C/C=C\C/C=C\CCCCCCCCCCCCCCCCCC(=O)O.CC/C=C\C/C=C\C/C=C\C/C=C\C/C=C\CCCCCCCCCCCCCCCCCC(=O)OCC. The van der Waals surface area contributed by atoms with Crippen LogP contribution in [0.5, 0.6) is 0 Å². The molecule has 0 aromatic heterocycles. The summed E-state index contributed by atoms with van der Waals surface area (Å²) in [6.07, 6.45) is 99.0. The zero-order valence-electron chi connectivity index (χ0n) is 49.0. The maximum atomic E-state index is 11.3. The summed E-state index contributed by atoms with van der Waals surface area (Å²) in [7, 11) is 0. The van der Waals surface area contributed by atoms with Crippen LogP contribution in [0.4, 0.5) is 0 Å². The zero-order valence-corrected chi connectivity index (χ0v) is 49.0. The Morgan fingerprint density at radius 1 is 0.270 bits per heavy atom. The molecule has 0 saturated heterocycles. The van der Waals surface area contributed by atoms with Crippen molar-refractivity contribution in [3.63, 3.8) is 0 Å². The van der Waals surface area contributed by atoms with Crippen molar-refractivity contribution in [1.82, 2.24) is 0 Å². The van der Waals surface area contributed by atoms with Gasteiger partial charge in [-0.3, -0.25) is 9.59 Å². The minimum absolute atomic E-state index is 0.0335. The highest BCUT2D eigenvalue weighted by atomic mass is 16.5. The Bertz CT molecular complexity index is 1430. The van der Waals surface area contributed by atoms with Crippen molar-refractivity contribution in [2.75, 3.05) is 6.61 Å². The molecule has 0 spiro atoms. The molecule has 0 aromatic rings. The average Bonchev–Trinajstić information content (AvgIpc) is 3.39. The van der Waals surface area contributed by atoms with Gasteiger partial charge in [-0.2, -0.15) is 0 Å². The number of unbranched alkanes of at least 4 members (excludes halogenated alkanes) is 30. The van der Waals surface area contributed by atoms with Crippen LogP contribution in [0.2, 0.25) is 0 Å². The van der Waals surface area contributed by atoms with Gasteiger partial charge < -0.3 is 9.84 Å². The first-order chi connectivity index (χ1) is 36.6. The third-order valence-corrected chi connectivity index (χ3v) is 13.1. The normalized spacial score (nSPS) is 12.4. The summed E-state index contributed by atoms with van der Waals surface area (Å²) in [6, 6.07) is 0. The largest absolute Gasteiger partial charge is 0.481 e. The van der Waals surface area contributed by atoms with Crippen molar-refractivity contribution in [1.29, 1.82) is 0 Å². The van der Waals surface area contributed by atoms with E-state index >= 15 is 0 Å². The molecule has 4 nitrogen and oxygen atoms in total. The summed E-state index contributed by atoms with van der Waals surface area (Å²) < 4.78 is 4.96. The van der Waals surface area contributed by atoms with Gasteiger partial charge in [0, 0.05) is 12.8 Å². The van der Waals surface area contributed by atoms with Gasteiger partial charge >= 0.3 is 11.9 Å². The molecule has 0 radical (unpaired) electrons. The van der Waals surface area contributed by atoms with Gasteiger partial charge in [0.1, 0.15) is 0 Å². The standard InChI is InChI=1S/C36H62O2.C34H58O2/c1-3-5-6-7-8-9-10-11-12-13-14-15-16-17-18-19-20-21-22-23-24-25-26-27-28-29-30-31-32-33-34-35-36(37)38-4-2;1-2-3-4-5-6-7-8-9-10-11-12-13-14-15-16-17-18-19-20-21-22-23-24-25-26-27-28-29-30-31-32-33-34(35)36/h5-6,8-9,11-12,14-15,17-18H,3-4,7,10,13,16,19-35H2,1-2H3;3-4,6-7,9-10,12-13,15-16H,2,5,8,11,14,17-33H2,1H3,(H,35,36)/b6-5-,9-8-,12-11-,15-14-,18-17-;4-3-,7-6-,10-9-,13-12-,16-15-. The summed E-state index contributed by atoms with van der Waals surface area (Å²) in [6.45, 7) is 6.71. The smallest absolute Gasteiger partial charge is 0.305 e. The highest BCUT2D eigenvalue weighted by molar-refractivity contribution is 5.69. The van der Waals surface area contributed by atoms with Crippen LogP contribution in [0.25, 0.3) is 0 Å².